The summed E-state index contributed by atoms with van der Waals surface area (Å²) in [6, 6.07) is 0. The van der Waals surface area contributed by atoms with Crippen molar-refractivity contribution >= 4 is 15.9 Å². The molecule has 1 fully saturated rings. The van der Waals surface area contributed by atoms with Crippen LogP contribution in [0.3, 0.4) is 0 Å². The molecule has 0 saturated heterocycles. The zero-order valence-corrected chi connectivity index (χ0v) is 15.1. The van der Waals surface area contributed by atoms with E-state index in [0.717, 1.165) is 54.0 Å². The molecule has 1 aliphatic rings. The molecule has 4 nitrogen and oxygen atoms in total. The molecule has 0 aliphatic heterocycles. The first-order valence-electron chi connectivity index (χ1n) is 7.88. The first-order chi connectivity index (χ1) is 9.93. The van der Waals surface area contributed by atoms with Crippen LogP contribution in [-0.2, 0) is 17.7 Å². The van der Waals surface area contributed by atoms with Crippen molar-refractivity contribution in [2.45, 2.75) is 71.1 Å². The van der Waals surface area contributed by atoms with Crippen LogP contribution in [0.1, 0.15) is 50.9 Å². The summed E-state index contributed by atoms with van der Waals surface area (Å²) in [6.07, 6.45) is 4.20. The number of aliphatic hydroxyl groups is 1. The minimum absolute atomic E-state index is 0.400. The normalized spacial score (nSPS) is 27.8. The van der Waals surface area contributed by atoms with Gasteiger partial charge in [-0.1, -0.05) is 6.92 Å². The van der Waals surface area contributed by atoms with Gasteiger partial charge in [0.1, 0.15) is 0 Å². The van der Waals surface area contributed by atoms with Gasteiger partial charge in [-0.2, -0.15) is 5.10 Å². The number of methoxy groups -OCH3 is 1. The van der Waals surface area contributed by atoms with Gasteiger partial charge in [-0.3, -0.25) is 4.68 Å². The van der Waals surface area contributed by atoms with Crippen LogP contribution in [0.4, 0.5) is 0 Å². The van der Waals surface area contributed by atoms with Gasteiger partial charge in [0.2, 0.25) is 0 Å². The van der Waals surface area contributed by atoms with E-state index in [2.05, 4.69) is 34.9 Å². The second-order valence-corrected chi connectivity index (χ2v) is 7.13. The lowest BCUT2D eigenvalue weighted by Crippen LogP contribution is -2.48. The number of aliphatic hydroxyl groups excluding tert-OH is 1. The Morgan fingerprint density at radius 1 is 1.48 bits per heavy atom. The van der Waals surface area contributed by atoms with Crippen molar-refractivity contribution in [1.82, 2.24) is 9.78 Å². The van der Waals surface area contributed by atoms with Crippen molar-refractivity contribution < 1.29 is 9.84 Å². The standard InChI is InChI=1S/C16H27BrN2O2/c1-5-19-13(15(17)12(3)18-19)10-14(20)16(21-4)8-6-11(2)7-9-16/h11,14,20H,5-10H2,1-4H3. The predicted octanol–water partition coefficient (Wildman–Crippen LogP) is 3.47. The predicted molar refractivity (Wildman–Crippen MR) is 87.4 cm³/mol. The number of rotatable bonds is 5. The molecule has 0 amide bonds. The summed E-state index contributed by atoms with van der Waals surface area (Å²) in [5, 5.41) is 15.3. The van der Waals surface area contributed by atoms with Gasteiger partial charge in [0.15, 0.2) is 0 Å². The molecule has 0 aromatic carbocycles. The van der Waals surface area contributed by atoms with E-state index in [0.29, 0.717) is 6.42 Å². The van der Waals surface area contributed by atoms with E-state index in [1.54, 1.807) is 7.11 Å². The molecule has 1 aromatic rings. The van der Waals surface area contributed by atoms with Crippen molar-refractivity contribution in [2.24, 2.45) is 5.92 Å². The van der Waals surface area contributed by atoms with Gasteiger partial charge in [-0.15, -0.1) is 0 Å². The highest BCUT2D eigenvalue weighted by atomic mass is 79.9. The SMILES string of the molecule is CCn1nc(C)c(Br)c1CC(O)C1(OC)CCC(C)CC1. The highest BCUT2D eigenvalue weighted by Crippen LogP contribution is 2.38. The van der Waals surface area contributed by atoms with Gasteiger partial charge < -0.3 is 9.84 Å². The summed E-state index contributed by atoms with van der Waals surface area (Å²) < 4.78 is 8.77. The van der Waals surface area contributed by atoms with Gasteiger partial charge in [0.25, 0.3) is 0 Å². The molecule has 1 aliphatic carbocycles. The highest BCUT2D eigenvalue weighted by molar-refractivity contribution is 9.10. The first kappa shape index (κ1) is 17.0. The van der Waals surface area contributed by atoms with Crippen LogP contribution in [0.15, 0.2) is 4.47 Å². The number of aryl methyl sites for hydroxylation is 2. The highest BCUT2D eigenvalue weighted by Gasteiger charge is 2.41. The van der Waals surface area contributed by atoms with Crippen molar-refractivity contribution in [3.63, 3.8) is 0 Å². The largest absolute Gasteiger partial charge is 0.390 e. The lowest BCUT2D eigenvalue weighted by molar-refractivity contribution is -0.127. The van der Waals surface area contributed by atoms with Gasteiger partial charge in [0, 0.05) is 20.1 Å². The molecule has 1 unspecified atom stereocenters. The summed E-state index contributed by atoms with van der Waals surface area (Å²) in [5.41, 5.74) is 1.64. The average Bonchev–Trinajstić information content (AvgIpc) is 2.76. The molecule has 1 atom stereocenters. The summed E-state index contributed by atoms with van der Waals surface area (Å²) in [6.45, 7) is 7.15. The Hall–Kier alpha value is -0.390. The Kier molecular flexibility index (Phi) is 5.49. The van der Waals surface area contributed by atoms with Crippen LogP contribution in [0.5, 0.6) is 0 Å². The quantitative estimate of drug-likeness (QED) is 0.876. The lowest BCUT2D eigenvalue weighted by atomic mass is 9.75. The van der Waals surface area contributed by atoms with Crippen LogP contribution in [0.2, 0.25) is 0 Å². The molecule has 1 aromatic heterocycles. The van der Waals surface area contributed by atoms with Crippen LogP contribution >= 0.6 is 15.9 Å². The molecule has 1 heterocycles. The summed E-state index contributed by atoms with van der Waals surface area (Å²) in [7, 11) is 1.73. The second-order valence-electron chi connectivity index (χ2n) is 6.33. The smallest absolute Gasteiger partial charge is 0.0940 e. The van der Waals surface area contributed by atoms with Crippen molar-refractivity contribution in [3.05, 3.63) is 15.9 Å². The van der Waals surface area contributed by atoms with E-state index in [-0.39, 0.29) is 0 Å². The lowest BCUT2D eigenvalue weighted by Gasteiger charge is -2.41. The maximum Gasteiger partial charge on any atom is 0.0940 e. The average molecular weight is 359 g/mol. The third-order valence-corrected chi connectivity index (χ3v) is 6.01. The van der Waals surface area contributed by atoms with Crippen LogP contribution < -0.4 is 0 Å². The van der Waals surface area contributed by atoms with Crippen molar-refractivity contribution in [2.75, 3.05) is 7.11 Å². The molecular weight excluding hydrogens is 332 g/mol. The molecule has 0 radical (unpaired) electrons. The third kappa shape index (κ3) is 3.35. The Labute approximate surface area is 136 Å². The molecule has 0 bridgehead atoms. The van der Waals surface area contributed by atoms with E-state index in [1.807, 2.05) is 11.6 Å². The zero-order chi connectivity index (χ0) is 15.6. The molecule has 5 heteroatoms. The maximum atomic E-state index is 10.8. The Bertz CT molecular complexity index is 479. The maximum absolute atomic E-state index is 10.8. The molecule has 1 saturated carbocycles. The topological polar surface area (TPSA) is 47.3 Å². The number of hydrogen-bond acceptors (Lipinski definition) is 3. The van der Waals surface area contributed by atoms with Gasteiger partial charge in [-0.25, -0.2) is 0 Å². The van der Waals surface area contributed by atoms with Crippen LogP contribution in [0, 0.1) is 12.8 Å². The van der Waals surface area contributed by atoms with Crippen molar-refractivity contribution in [3.8, 4) is 0 Å². The molecular formula is C16H27BrN2O2. The molecule has 0 spiro atoms. The number of halogens is 1. The molecule has 2 rings (SSSR count). The number of ether oxygens (including phenoxy) is 1. The zero-order valence-electron chi connectivity index (χ0n) is 13.5. The minimum Gasteiger partial charge on any atom is -0.390 e. The monoisotopic (exact) mass is 358 g/mol. The summed E-state index contributed by atoms with van der Waals surface area (Å²) in [4.78, 5) is 0. The van der Waals surface area contributed by atoms with Crippen LogP contribution in [-0.4, -0.2) is 33.7 Å². The Morgan fingerprint density at radius 3 is 2.62 bits per heavy atom. The Balaban J connectivity index is 2.18. The first-order valence-corrected chi connectivity index (χ1v) is 8.67. The van der Waals surface area contributed by atoms with Gasteiger partial charge in [0.05, 0.1) is 27.6 Å². The molecule has 1 N–H and O–H groups in total. The number of nitrogens with zero attached hydrogens (tertiary/aromatic N) is 2. The number of aromatic nitrogens is 2. The van der Waals surface area contributed by atoms with E-state index < -0.39 is 11.7 Å². The van der Waals surface area contributed by atoms with Crippen LogP contribution in [0.25, 0.3) is 0 Å². The fourth-order valence-electron chi connectivity index (χ4n) is 3.36. The minimum atomic E-state index is -0.493. The van der Waals surface area contributed by atoms with E-state index >= 15 is 0 Å². The number of hydrogen-bond donors (Lipinski definition) is 1. The van der Waals surface area contributed by atoms with Gasteiger partial charge in [-0.05, 0) is 61.4 Å². The van der Waals surface area contributed by atoms with E-state index in [9.17, 15) is 5.11 Å². The van der Waals surface area contributed by atoms with E-state index in [4.69, 9.17) is 4.74 Å². The molecule has 120 valence electrons. The summed E-state index contributed by atoms with van der Waals surface area (Å²) in [5.74, 6) is 0.732. The fourth-order valence-corrected chi connectivity index (χ4v) is 3.80. The van der Waals surface area contributed by atoms with Crippen molar-refractivity contribution in [1.29, 1.82) is 0 Å². The fraction of sp³-hybridized carbons (Fsp3) is 0.812. The second kappa shape index (κ2) is 6.80. The summed E-state index contributed by atoms with van der Waals surface area (Å²) >= 11 is 3.61. The van der Waals surface area contributed by atoms with E-state index in [1.165, 1.54) is 0 Å². The Morgan fingerprint density at radius 2 is 2.10 bits per heavy atom. The molecule has 21 heavy (non-hydrogen) atoms. The third-order valence-electron chi connectivity index (χ3n) is 4.97. The van der Waals surface area contributed by atoms with Gasteiger partial charge >= 0.3 is 0 Å².